The monoisotopic (exact) mass is 247 g/mol. The van der Waals surface area contributed by atoms with Gasteiger partial charge in [-0.1, -0.05) is 0 Å². The number of benzene rings is 1. The number of fused-ring (bicyclic) bond motifs is 3. The highest BCUT2D eigenvalue weighted by molar-refractivity contribution is 7.90. The molecule has 86 valence electrons. The van der Waals surface area contributed by atoms with Crippen LogP contribution in [0.2, 0.25) is 0 Å². The average molecular weight is 247 g/mol. The molecule has 2 aromatic heterocycles. The van der Waals surface area contributed by atoms with Crippen LogP contribution >= 0.6 is 0 Å². The molecule has 0 amide bonds. The van der Waals surface area contributed by atoms with E-state index >= 15 is 0 Å². The van der Waals surface area contributed by atoms with Crippen LogP contribution in [0.25, 0.3) is 21.8 Å². The van der Waals surface area contributed by atoms with Gasteiger partial charge in [-0.25, -0.2) is 5.10 Å². The molecule has 0 aliphatic heterocycles. The lowest BCUT2D eigenvalue weighted by molar-refractivity contribution is 0.601. The SMILES string of the molecule is C[S+]([O-])c1ccc2c(c1)[nH]c1c(=O)[nH]ncc12. The summed E-state index contributed by atoms with van der Waals surface area (Å²) in [6.45, 7) is 0. The van der Waals surface area contributed by atoms with Crippen LogP contribution < -0.4 is 5.56 Å². The number of H-pyrrole nitrogens is 2. The van der Waals surface area contributed by atoms with Crippen molar-refractivity contribution in [1.29, 1.82) is 0 Å². The minimum atomic E-state index is -1.03. The number of nitrogens with zero attached hydrogens (tertiary/aromatic N) is 1. The molecule has 2 heterocycles. The molecule has 3 rings (SSSR count). The molecular formula is C11H9N3O2S. The predicted molar refractivity (Wildman–Crippen MR) is 66.6 cm³/mol. The van der Waals surface area contributed by atoms with Crippen LogP contribution in [0.3, 0.4) is 0 Å². The Bertz CT molecular complexity index is 760. The van der Waals surface area contributed by atoms with E-state index in [4.69, 9.17) is 0 Å². The third kappa shape index (κ3) is 1.53. The topological polar surface area (TPSA) is 84.6 Å². The first-order chi connectivity index (χ1) is 8.16. The van der Waals surface area contributed by atoms with E-state index in [1.165, 1.54) is 0 Å². The molecular weight excluding hydrogens is 238 g/mol. The van der Waals surface area contributed by atoms with E-state index in [-0.39, 0.29) is 5.56 Å². The molecule has 0 saturated heterocycles. The molecule has 1 atom stereocenters. The van der Waals surface area contributed by atoms with E-state index in [1.807, 2.05) is 6.07 Å². The Morgan fingerprint density at radius 3 is 2.94 bits per heavy atom. The van der Waals surface area contributed by atoms with Gasteiger partial charge in [0.15, 0.2) is 4.90 Å². The summed E-state index contributed by atoms with van der Waals surface area (Å²) in [5.74, 6) is 0. The lowest BCUT2D eigenvalue weighted by Crippen LogP contribution is -2.06. The van der Waals surface area contributed by atoms with E-state index < -0.39 is 11.2 Å². The zero-order valence-corrected chi connectivity index (χ0v) is 9.80. The van der Waals surface area contributed by atoms with Crippen molar-refractivity contribution >= 4 is 33.0 Å². The summed E-state index contributed by atoms with van der Waals surface area (Å²) in [5.41, 5.74) is 1.04. The van der Waals surface area contributed by atoms with Crippen LogP contribution in [-0.4, -0.2) is 26.0 Å². The number of nitrogens with one attached hydrogen (secondary N) is 2. The second-order valence-corrected chi connectivity index (χ2v) is 5.15. The Hall–Kier alpha value is -1.79. The summed E-state index contributed by atoms with van der Waals surface area (Å²) in [6.07, 6.45) is 3.23. The van der Waals surface area contributed by atoms with Crippen molar-refractivity contribution in [3.63, 3.8) is 0 Å². The molecule has 6 heteroatoms. The molecule has 0 spiro atoms. The highest BCUT2D eigenvalue weighted by Gasteiger charge is 2.11. The van der Waals surface area contributed by atoms with E-state index in [9.17, 15) is 9.35 Å². The van der Waals surface area contributed by atoms with Crippen molar-refractivity contribution in [2.45, 2.75) is 4.90 Å². The number of aromatic nitrogens is 3. The summed E-state index contributed by atoms with van der Waals surface area (Å²) < 4.78 is 11.4. The lowest BCUT2D eigenvalue weighted by Gasteiger charge is -2.03. The quantitative estimate of drug-likeness (QED) is 0.632. The summed E-state index contributed by atoms with van der Waals surface area (Å²) in [4.78, 5) is 15.3. The first kappa shape index (κ1) is 10.4. The Balaban J connectivity index is 2.43. The van der Waals surface area contributed by atoms with Crippen LogP contribution in [0.1, 0.15) is 0 Å². The molecule has 2 N–H and O–H groups in total. The molecule has 0 radical (unpaired) electrons. The predicted octanol–water partition coefficient (Wildman–Crippen LogP) is 1.14. The van der Waals surface area contributed by atoms with Gasteiger partial charge in [-0.15, -0.1) is 0 Å². The van der Waals surface area contributed by atoms with Crippen molar-refractivity contribution in [2.24, 2.45) is 0 Å². The van der Waals surface area contributed by atoms with Crippen LogP contribution in [0.4, 0.5) is 0 Å². The molecule has 1 unspecified atom stereocenters. The normalized spacial score (nSPS) is 13.3. The average Bonchev–Trinajstić information content (AvgIpc) is 2.68. The third-order valence-electron chi connectivity index (χ3n) is 2.73. The first-order valence-electron chi connectivity index (χ1n) is 4.99. The van der Waals surface area contributed by atoms with E-state index in [2.05, 4.69) is 15.2 Å². The van der Waals surface area contributed by atoms with E-state index in [0.717, 1.165) is 21.2 Å². The third-order valence-corrected chi connectivity index (χ3v) is 3.65. The Morgan fingerprint density at radius 2 is 2.18 bits per heavy atom. The van der Waals surface area contributed by atoms with Gasteiger partial charge in [-0.2, -0.15) is 5.10 Å². The van der Waals surface area contributed by atoms with Gasteiger partial charge in [0, 0.05) is 16.8 Å². The molecule has 1 aromatic carbocycles. The smallest absolute Gasteiger partial charge is 0.288 e. The summed E-state index contributed by atoms with van der Waals surface area (Å²) in [5, 5.41) is 7.84. The number of rotatable bonds is 1. The van der Waals surface area contributed by atoms with Crippen LogP contribution in [0, 0.1) is 0 Å². The van der Waals surface area contributed by atoms with Crippen molar-refractivity contribution in [2.75, 3.05) is 6.26 Å². The minimum absolute atomic E-state index is 0.252. The molecule has 17 heavy (non-hydrogen) atoms. The molecule has 5 nitrogen and oxygen atoms in total. The second kappa shape index (κ2) is 3.61. The molecule has 0 fully saturated rings. The van der Waals surface area contributed by atoms with Crippen molar-refractivity contribution in [3.8, 4) is 0 Å². The molecule has 0 bridgehead atoms. The van der Waals surface area contributed by atoms with Crippen LogP contribution in [0.5, 0.6) is 0 Å². The highest BCUT2D eigenvalue weighted by atomic mass is 32.2. The minimum Gasteiger partial charge on any atom is -0.612 e. The molecule has 0 aliphatic carbocycles. The molecule has 3 aromatic rings. The fourth-order valence-electron chi connectivity index (χ4n) is 1.90. The molecule has 0 saturated carbocycles. The number of aromatic amines is 2. The fraction of sp³-hybridized carbons (Fsp3) is 0.0909. The van der Waals surface area contributed by atoms with Gasteiger partial charge in [0.1, 0.15) is 11.8 Å². The zero-order chi connectivity index (χ0) is 12.0. The summed E-state index contributed by atoms with van der Waals surface area (Å²) >= 11 is -1.03. The van der Waals surface area contributed by atoms with Crippen molar-refractivity contribution in [3.05, 3.63) is 34.7 Å². The lowest BCUT2D eigenvalue weighted by atomic mass is 10.2. The maximum absolute atomic E-state index is 11.6. The van der Waals surface area contributed by atoms with Gasteiger partial charge in [-0.05, 0) is 23.3 Å². The van der Waals surface area contributed by atoms with E-state index in [1.54, 1.807) is 24.6 Å². The van der Waals surface area contributed by atoms with Gasteiger partial charge in [0.25, 0.3) is 5.56 Å². The Morgan fingerprint density at radius 1 is 1.35 bits per heavy atom. The second-order valence-electron chi connectivity index (χ2n) is 3.77. The fourth-order valence-corrected chi connectivity index (χ4v) is 2.45. The van der Waals surface area contributed by atoms with Gasteiger partial charge < -0.3 is 9.54 Å². The van der Waals surface area contributed by atoms with Crippen molar-refractivity contribution < 1.29 is 4.55 Å². The zero-order valence-electron chi connectivity index (χ0n) is 8.98. The van der Waals surface area contributed by atoms with Gasteiger partial charge in [0.2, 0.25) is 0 Å². The highest BCUT2D eigenvalue weighted by Crippen LogP contribution is 2.24. The Kier molecular flexibility index (Phi) is 2.20. The largest absolute Gasteiger partial charge is 0.612 e. The molecule has 0 aliphatic rings. The summed E-state index contributed by atoms with van der Waals surface area (Å²) in [6, 6.07) is 5.45. The van der Waals surface area contributed by atoms with Crippen LogP contribution in [-0.2, 0) is 11.2 Å². The van der Waals surface area contributed by atoms with Crippen molar-refractivity contribution in [1.82, 2.24) is 15.2 Å². The maximum Gasteiger partial charge on any atom is 0.288 e. The van der Waals surface area contributed by atoms with Gasteiger partial charge >= 0.3 is 0 Å². The maximum atomic E-state index is 11.6. The van der Waals surface area contributed by atoms with Crippen LogP contribution in [0.15, 0.2) is 34.1 Å². The van der Waals surface area contributed by atoms with Gasteiger partial charge in [-0.3, -0.25) is 4.79 Å². The first-order valence-corrected chi connectivity index (χ1v) is 6.55. The van der Waals surface area contributed by atoms with E-state index in [0.29, 0.717) is 5.52 Å². The number of hydrogen-bond acceptors (Lipinski definition) is 3. The Labute approximate surface area is 99.0 Å². The van der Waals surface area contributed by atoms with Gasteiger partial charge in [0.05, 0.1) is 11.7 Å². The number of hydrogen-bond donors (Lipinski definition) is 2. The summed E-state index contributed by atoms with van der Waals surface area (Å²) in [7, 11) is 0. The standard InChI is InChI=1S/C11H9N3O2S/c1-17(16)6-2-3-7-8-5-12-14-11(15)10(8)13-9(7)4-6/h2-5,13H,1H3,(H,14,15).